The maximum Gasteiger partial charge on any atom is 0.230 e. The molecule has 0 aliphatic carbocycles. The van der Waals surface area contributed by atoms with Crippen molar-refractivity contribution < 1.29 is 9.26 Å². The van der Waals surface area contributed by atoms with Gasteiger partial charge in [0.2, 0.25) is 5.95 Å². The summed E-state index contributed by atoms with van der Waals surface area (Å²) in [4.78, 5) is 8.65. The quantitative estimate of drug-likeness (QED) is 0.498. The van der Waals surface area contributed by atoms with Crippen molar-refractivity contribution in [3.63, 3.8) is 0 Å². The van der Waals surface area contributed by atoms with Gasteiger partial charge in [0.15, 0.2) is 11.6 Å². The summed E-state index contributed by atoms with van der Waals surface area (Å²) in [5.74, 6) is 3.75. The first-order valence-corrected chi connectivity index (χ1v) is 8.38. The molecule has 2 heterocycles. The fraction of sp³-hybridized carbons (Fsp3) is 0.0500. The molecule has 0 saturated heterocycles. The van der Waals surface area contributed by atoms with E-state index in [1.165, 1.54) is 0 Å². The van der Waals surface area contributed by atoms with Crippen molar-refractivity contribution >= 4 is 23.3 Å². The predicted molar refractivity (Wildman–Crippen MR) is 103 cm³/mol. The molecule has 134 valence electrons. The maximum atomic E-state index is 5.97. The molecule has 0 amide bonds. The number of hydrogen-bond donors (Lipinski definition) is 2. The Balaban J connectivity index is 1.53. The van der Waals surface area contributed by atoms with Crippen LogP contribution in [0.5, 0.6) is 11.5 Å². The second-order valence-electron chi connectivity index (χ2n) is 5.75. The summed E-state index contributed by atoms with van der Waals surface area (Å²) in [5.41, 5.74) is 0.795. The van der Waals surface area contributed by atoms with Crippen LogP contribution in [0.15, 0.2) is 77.4 Å². The molecule has 0 unspecified atom stereocenters. The first-order valence-electron chi connectivity index (χ1n) is 8.38. The number of aryl methyl sites for hydroxylation is 1. The van der Waals surface area contributed by atoms with Crippen molar-refractivity contribution in [1.29, 1.82) is 0 Å². The maximum absolute atomic E-state index is 5.97. The summed E-state index contributed by atoms with van der Waals surface area (Å²) in [7, 11) is 0. The van der Waals surface area contributed by atoms with Gasteiger partial charge in [-0.05, 0) is 37.3 Å². The lowest BCUT2D eigenvalue weighted by atomic mass is 10.3. The van der Waals surface area contributed by atoms with Crippen LogP contribution in [0.1, 0.15) is 5.76 Å². The van der Waals surface area contributed by atoms with Crippen LogP contribution in [0.4, 0.5) is 23.3 Å². The molecule has 2 N–H and O–H groups in total. The molecular formula is C20H17N5O2. The van der Waals surface area contributed by atoms with E-state index in [9.17, 15) is 0 Å². The van der Waals surface area contributed by atoms with E-state index in [4.69, 9.17) is 9.26 Å². The van der Waals surface area contributed by atoms with Crippen molar-refractivity contribution in [2.24, 2.45) is 0 Å². The standard InChI is InChI=1S/C20H17N5O2/c1-14-13-19(25-27-14)24-20-21-12-11-18(23-20)22-16-9-5-6-10-17(16)26-15-7-3-2-4-8-15/h2-13H,1H3,(H2,21,22,23,24,25). The van der Waals surface area contributed by atoms with Gasteiger partial charge in [-0.1, -0.05) is 35.5 Å². The van der Waals surface area contributed by atoms with E-state index in [-0.39, 0.29) is 0 Å². The molecule has 2 aromatic heterocycles. The van der Waals surface area contributed by atoms with Gasteiger partial charge in [-0.15, -0.1) is 0 Å². The van der Waals surface area contributed by atoms with Crippen molar-refractivity contribution in [3.05, 3.63) is 78.7 Å². The molecule has 2 aromatic carbocycles. The number of nitrogens with zero attached hydrogens (tertiary/aromatic N) is 3. The molecule has 0 aliphatic heterocycles. The molecule has 0 spiro atoms. The van der Waals surface area contributed by atoms with Crippen molar-refractivity contribution in [1.82, 2.24) is 15.1 Å². The van der Waals surface area contributed by atoms with Crippen molar-refractivity contribution in [3.8, 4) is 11.5 Å². The Bertz CT molecular complexity index is 1030. The summed E-state index contributed by atoms with van der Waals surface area (Å²) >= 11 is 0. The minimum Gasteiger partial charge on any atom is -0.455 e. The van der Waals surface area contributed by atoms with E-state index in [0.717, 1.165) is 11.4 Å². The zero-order chi connectivity index (χ0) is 18.5. The second kappa shape index (κ2) is 7.57. The number of anilines is 4. The van der Waals surface area contributed by atoms with Crippen LogP contribution in [0, 0.1) is 6.92 Å². The zero-order valence-corrected chi connectivity index (χ0v) is 14.6. The molecule has 0 saturated carbocycles. The van der Waals surface area contributed by atoms with Gasteiger partial charge in [-0.3, -0.25) is 0 Å². The number of benzene rings is 2. The van der Waals surface area contributed by atoms with E-state index in [1.807, 2.05) is 61.5 Å². The number of ether oxygens (including phenoxy) is 1. The fourth-order valence-electron chi connectivity index (χ4n) is 2.44. The van der Waals surface area contributed by atoms with Gasteiger partial charge >= 0.3 is 0 Å². The zero-order valence-electron chi connectivity index (χ0n) is 14.6. The minimum absolute atomic E-state index is 0.412. The molecule has 0 radical (unpaired) electrons. The van der Waals surface area contributed by atoms with Gasteiger partial charge in [-0.2, -0.15) is 4.98 Å². The van der Waals surface area contributed by atoms with Crippen LogP contribution in [-0.4, -0.2) is 15.1 Å². The Morgan fingerprint density at radius 3 is 2.52 bits per heavy atom. The largest absolute Gasteiger partial charge is 0.455 e. The summed E-state index contributed by atoms with van der Waals surface area (Å²) in [5, 5.41) is 10.2. The number of rotatable bonds is 6. The van der Waals surface area contributed by atoms with Gasteiger partial charge < -0.3 is 19.9 Å². The molecule has 0 atom stereocenters. The molecular weight excluding hydrogens is 342 g/mol. The first kappa shape index (κ1) is 16.6. The molecule has 0 aliphatic rings. The Kier molecular flexibility index (Phi) is 4.65. The molecule has 27 heavy (non-hydrogen) atoms. The van der Waals surface area contributed by atoms with Crippen LogP contribution < -0.4 is 15.4 Å². The number of para-hydroxylation sites is 3. The van der Waals surface area contributed by atoms with Crippen molar-refractivity contribution in [2.45, 2.75) is 6.92 Å². The molecule has 0 fully saturated rings. The van der Waals surface area contributed by atoms with Gasteiger partial charge in [0.05, 0.1) is 5.69 Å². The Morgan fingerprint density at radius 2 is 1.70 bits per heavy atom. The van der Waals surface area contributed by atoms with Gasteiger partial charge in [0, 0.05) is 12.3 Å². The minimum atomic E-state index is 0.412. The van der Waals surface area contributed by atoms with Crippen LogP contribution in [0.25, 0.3) is 0 Å². The highest BCUT2D eigenvalue weighted by Crippen LogP contribution is 2.31. The molecule has 7 heteroatoms. The average molecular weight is 359 g/mol. The van der Waals surface area contributed by atoms with Gasteiger partial charge in [0.1, 0.15) is 17.3 Å². The predicted octanol–water partition coefficient (Wildman–Crippen LogP) is 5.05. The lowest BCUT2D eigenvalue weighted by Gasteiger charge is -2.13. The molecule has 0 bridgehead atoms. The smallest absolute Gasteiger partial charge is 0.230 e. The van der Waals surface area contributed by atoms with E-state index in [2.05, 4.69) is 25.8 Å². The van der Waals surface area contributed by atoms with Crippen LogP contribution in [0.2, 0.25) is 0 Å². The SMILES string of the molecule is Cc1cc(Nc2nccc(Nc3ccccc3Oc3ccccc3)n2)no1. The average Bonchev–Trinajstić information content (AvgIpc) is 3.09. The summed E-state index contributed by atoms with van der Waals surface area (Å²) in [6, 6.07) is 20.8. The Morgan fingerprint density at radius 1 is 0.889 bits per heavy atom. The molecule has 4 rings (SSSR count). The summed E-state index contributed by atoms with van der Waals surface area (Å²) in [6.45, 7) is 1.82. The van der Waals surface area contributed by atoms with Crippen LogP contribution in [0.3, 0.4) is 0 Å². The Labute approximate surface area is 156 Å². The lowest BCUT2D eigenvalue weighted by molar-refractivity contribution is 0.400. The topological polar surface area (TPSA) is 85.1 Å². The first-order chi connectivity index (χ1) is 13.3. The third-order valence-corrected chi connectivity index (χ3v) is 3.64. The van der Waals surface area contributed by atoms with E-state index in [0.29, 0.717) is 29.1 Å². The molecule has 4 aromatic rings. The van der Waals surface area contributed by atoms with E-state index >= 15 is 0 Å². The highest BCUT2D eigenvalue weighted by molar-refractivity contribution is 5.65. The van der Waals surface area contributed by atoms with Crippen LogP contribution in [-0.2, 0) is 0 Å². The number of aromatic nitrogens is 3. The van der Waals surface area contributed by atoms with E-state index in [1.54, 1.807) is 18.3 Å². The highest BCUT2D eigenvalue weighted by Gasteiger charge is 2.08. The van der Waals surface area contributed by atoms with Gasteiger partial charge in [0.25, 0.3) is 0 Å². The summed E-state index contributed by atoms with van der Waals surface area (Å²) < 4.78 is 11.0. The Hall–Kier alpha value is -3.87. The highest BCUT2D eigenvalue weighted by atomic mass is 16.5. The fourth-order valence-corrected chi connectivity index (χ4v) is 2.44. The third kappa shape index (κ3) is 4.21. The number of nitrogens with one attached hydrogen (secondary N) is 2. The summed E-state index contributed by atoms with van der Waals surface area (Å²) in [6.07, 6.45) is 1.66. The second-order valence-corrected chi connectivity index (χ2v) is 5.75. The van der Waals surface area contributed by atoms with Gasteiger partial charge in [-0.25, -0.2) is 4.98 Å². The lowest BCUT2D eigenvalue weighted by Crippen LogP contribution is -2.01. The van der Waals surface area contributed by atoms with E-state index < -0.39 is 0 Å². The monoisotopic (exact) mass is 359 g/mol. The number of hydrogen-bond acceptors (Lipinski definition) is 7. The third-order valence-electron chi connectivity index (χ3n) is 3.64. The van der Waals surface area contributed by atoms with Crippen molar-refractivity contribution in [2.75, 3.05) is 10.6 Å². The normalized spacial score (nSPS) is 10.4. The van der Waals surface area contributed by atoms with Crippen LogP contribution >= 0.6 is 0 Å². The molecule has 7 nitrogen and oxygen atoms in total.